The highest BCUT2D eigenvalue weighted by Crippen LogP contribution is 2.51. The predicted octanol–water partition coefficient (Wildman–Crippen LogP) is 6.29. The number of hydrogen-bond acceptors (Lipinski definition) is 4. The van der Waals surface area contributed by atoms with Crippen LogP contribution in [0.15, 0.2) is 36.4 Å². The SMILES string of the molecule is CC(C)(C)Oc1cc2[nH]c(C(C)(C)C)cc2cc1NC(=O)C1(c2ccc3c(c2)OCO3)CC1.[HH]. The van der Waals surface area contributed by atoms with Crippen LogP contribution >= 0.6 is 0 Å². The molecule has 1 aromatic heterocycles. The van der Waals surface area contributed by atoms with Crippen LogP contribution in [-0.2, 0) is 15.6 Å². The molecule has 0 radical (unpaired) electrons. The first kappa shape index (κ1) is 21.7. The van der Waals surface area contributed by atoms with Crippen LogP contribution in [0.25, 0.3) is 10.9 Å². The fourth-order valence-corrected chi connectivity index (χ4v) is 4.28. The van der Waals surface area contributed by atoms with E-state index in [1.807, 2.05) is 51.1 Å². The van der Waals surface area contributed by atoms with Gasteiger partial charge < -0.3 is 24.5 Å². The van der Waals surface area contributed by atoms with Crippen LogP contribution in [0.3, 0.4) is 0 Å². The molecule has 33 heavy (non-hydrogen) atoms. The number of aromatic amines is 1. The minimum atomic E-state index is -0.552. The van der Waals surface area contributed by atoms with Crippen molar-refractivity contribution in [2.24, 2.45) is 0 Å². The van der Waals surface area contributed by atoms with Gasteiger partial charge in [-0.05, 0) is 63.4 Å². The Kier molecular flexibility index (Phi) is 4.71. The fraction of sp³-hybridized carbons (Fsp3) is 0.444. The van der Waals surface area contributed by atoms with Crippen LogP contribution in [-0.4, -0.2) is 23.3 Å². The summed E-state index contributed by atoms with van der Waals surface area (Å²) in [5.74, 6) is 2.06. The molecule has 2 heterocycles. The van der Waals surface area contributed by atoms with Crippen molar-refractivity contribution in [2.75, 3.05) is 12.1 Å². The number of H-pyrrole nitrogens is 1. The van der Waals surface area contributed by atoms with Gasteiger partial charge in [0.25, 0.3) is 0 Å². The maximum absolute atomic E-state index is 13.6. The van der Waals surface area contributed by atoms with E-state index in [4.69, 9.17) is 14.2 Å². The van der Waals surface area contributed by atoms with Gasteiger partial charge in [-0.25, -0.2) is 0 Å². The average Bonchev–Trinajstić information content (AvgIpc) is 3.20. The Labute approximate surface area is 196 Å². The predicted molar refractivity (Wildman–Crippen MR) is 132 cm³/mol. The summed E-state index contributed by atoms with van der Waals surface area (Å²) < 4.78 is 17.2. The lowest BCUT2D eigenvalue weighted by atomic mass is 9.92. The monoisotopic (exact) mass is 450 g/mol. The van der Waals surface area contributed by atoms with Crippen molar-refractivity contribution in [3.8, 4) is 17.2 Å². The summed E-state index contributed by atoms with van der Waals surface area (Å²) in [7, 11) is 0. The first-order valence-corrected chi connectivity index (χ1v) is 11.5. The van der Waals surface area contributed by atoms with Gasteiger partial charge in [0, 0.05) is 29.5 Å². The van der Waals surface area contributed by atoms with Gasteiger partial charge in [0.15, 0.2) is 11.5 Å². The Morgan fingerprint density at radius 2 is 1.76 bits per heavy atom. The van der Waals surface area contributed by atoms with E-state index in [9.17, 15) is 4.79 Å². The Morgan fingerprint density at radius 3 is 2.42 bits per heavy atom. The first-order valence-electron chi connectivity index (χ1n) is 11.5. The van der Waals surface area contributed by atoms with Crippen molar-refractivity contribution in [3.63, 3.8) is 0 Å². The Balaban J connectivity index is 0.00000274. The second kappa shape index (κ2) is 7.17. The molecule has 1 amide bonds. The van der Waals surface area contributed by atoms with Crippen molar-refractivity contribution < 1.29 is 20.4 Å². The van der Waals surface area contributed by atoms with E-state index in [0.29, 0.717) is 17.2 Å². The molecule has 1 saturated carbocycles. The van der Waals surface area contributed by atoms with Gasteiger partial charge >= 0.3 is 0 Å². The smallest absolute Gasteiger partial charge is 0.235 e. The Bertz CT molecular complexity index is 1250. The van der Waals surface area contributed by atoms with E-state index >= 15 is 0 Å². The standard InChI is InChI=1S/C27H32N2O4.H2/c1-25(2,3)23-12-16-11-19(21(14-18(16)28-23)33-26(4,5)6)29-24(30)27(9-10-27)17-7-8-20-22(13-17)32-15-31-20;/h7-8,11-14,28H,9-10,15H2,1-6H3,(H,29,30);1H. The quantitative estimate of drug-likeness (QED) is 0.490. The van der Waals surface area contributed by atoms with Gasteiger partial charge in [-0.15, -0.1) is 0 Å². The van der Waals surface area contributed by atoms with Gasteiger partial charge in [-0.1, -0.05) is 26.8 Å². The highest BCUT2D eigenvalue weighted by atomic mass is 16.7. The second-order valence-corrected chi connectivity index (χ2v) is 11.2. The lowest BCUT2D eigenvalue weighted by molar-refractivity contribution is -0.118. The maximum Gasteiger partial charge on any atom is 0.235 e. The molecule has 6 nitrogen and oxygen atoms in total. The molecule has 0 atom stereocenters. The number of amides is 1. The van der Waals surface area contributed by atoms with Crippen molar-refractivity contribution in [1.82, 2.24) is 4.98 Å². The second-order valence-electron chi connectivity index (χ2n) is 11.2. The molecule has 1 aliphatic carbocycles. The van der Waals surface area contributed by atoms with E-state index in [1.54, 1.807) is 0 Å². The molecule has 0 bridgehead atoms. The zero-order valence-electron chi connectivity index (χ0n) is 20.2. The van der Waals surface area contributed by atoms with E-state index < -0.39 is 11.0 Å². The molecule has 1 fully saturated rings. The molecular formula is C27H34N2O4. The molecule has 5 rings (SSSR count). The fourth-order valence-electron chi connectivity index (χ4n) is 4.28. The maximum atomic E-state index is 13.6. The molecule has 2 aliphatic rings. The molecule has 2 aromatic carbocycles. The summed E-state index contributed by atoms with van der Waals surface area (Å²) in [6.07, 6.45) is 1.60. The molecular weight excluding hydrogens is 416 g/mol. The van der Waals surface area contributed by atoms with E-state index in [1.165, 1.54) is 0 Å². The van der Waals surface area contributed by atoms with Gasteiger partial charge in [-0.3, -0.25) is 4.79 Å². The average molecular weight is 451 g/mol. The number of carbonyl (C=O) groups is 1. The number of carbonyl (C=O) groups excluding carboxylic acids is 1. The van der Waals surface area contributed by atoms with Crippen LogP contribution < -0.4 is 19.5 Å². The summed E-state index contributed by atoms with van der Waals surface area (Å²) in [6, 6.07) is 11.9. The van der Waals surface area contributed by atoms with Crippen LogP contribution in [0.1, 0.15) is 67.1 Å². The molecule has 0 unspecified atom stereocenters. The van der Waals surface area contributed by atoms with Gasteiger partial charge in [-0.2, -0.15) is 0 Å². The zero-order chi connectivity index (χ0) is 23.6. The molecule has 176 valence electrons. The lowest BCUT2D eigenvalue weighted by Crippen LogP contribution is -2.29. The van der Waals surface area contributed by atoms with Crippen molar-refractivity contribution in [1.29, 1.82) is 0 Å². The lowest BCUT2D eigenvalue weighted by Gasteiger charge is -2.24. The van der Waals surface area contributed by atoms with Crippen LogP contribution in [0.5, 0.6) is 17.2 Å². The first-order chi connectivity index (χ1) is 15.4. The third-order valence-electron chi connectivity index (χ3n) is 6.30. The van der Waals surface area contributed by atoms with Crippen LogP contribution in [0.4, 0.5) is 5.69 Å². The highest BCUT2D eigenvalue weighted by molar-refractivity contribution is 6.04. The number of benzene rings is 2. The number of rotatable bonds is 4. The van der Waals surface area contributed by atoms with Gasteiger partial charge in [0.05, 0.1) is 11.1 Å². The number of ether oxygens (including phenoxy) is 3. The molecule has 0 saturated heterocycles. The highest BCUT2D eigenvalue weighted by Gasteiger charge is 2.52. The zero-order valence-corrected chi connectivity index (χ0v) is 20.2. The van der Waals surface area contributed by atoms with Crippen molar-refractivity contribution in [2.45, 2.75) is 70.8 Å². The number of nitrogens with one attached hydrogen (secondary N) is 2. The number of fused-ring (bicyclic) bond motifs is 2. The van der Waals surface area contributed by atoms with Crippen molar-refractivity contribution in [3.05, 3.63) is 47.7 Å². The summed E-state index contributed by atoms with van der Waals surface area (Å²) in [4.78, 5) is 17.1. The number of hydrogen-bond donors (Lipinski definition) is 2. The number of anilines is 1. The van der Waals surface area contributed by atoms with E-state index in [2.05, 4.69) is 37.1 Å². The minimum absolute atomic E-state index is 0. The third-order valence-corrected chi connectivity index (χ3v) is 6.30. The normalized spacial score (nSPS) is 16.7. The van der Waals surface area contributed by atoms with Crippen molar-refractivity contribution >= 4 is 22.5 Å². The molecule has 6 heteroatoms. The third kappa shape index (κ3) is 4.03. The van der Waals surface area contributed by atoms with Crippen LogP contribution in [0.2, 0.25) is 0 Å². The van der Waals surface area contributed by atoms with Gasteiger partial charge in [0.2, 0.25) is 12.7 Å². The minimum Gasteiger partial charge on any atom is -0.486 e. The summed E-state index contributed by atoms with van der Waals surface area (Å²) in [5.41, 5.74) is 2.82. The van der Waals surface area contributed by atoms with E-state index in [-0.39, 0.29) is 19.5 Å². The summed E-state index contributed by atoms with van der Waals surface area (Å²) >= 11 is 0. The topological polar surface area (TPSA) is 72.6 Å². The number of aromatic nitrogens is 1. The molecule has 2 N–H and O–H groups in total. The Hall–Kier alpha value is -3.15. The van der Waals surface area contributed by atoms with Crippen LogP contribution in [0, 0.1) is 0 Å². The molecule has 0 spiro atoms. The molecule has 3 aromatic rings. The van der Waals surface area contributed by atoms with E-state index in [0.717, 1.165) is 40.8 Å². The summed E-state index contributed by atoms with van der Waals surface area (Å²) in [6.45, 7) is 12.8. The Morgan fingerprint density at radius 1 is 1.03 bits per heavy atom. The largest absolute Gasteiger partial charge is 0.486 e. The molecule has 1 aliphatic heterocycles. The van der Waals surface area contributed by atoms with Gasteiger partial charge in [0.1, 0.15) is 11.4 Å². The summed E-state index contributed by atoms with van der Waals surface area (Å²) in [5, 5.41) is 4.24.